The van der Waals surface area contributed by atoms with Crippen molar-refractivity contribution >= 4 is 11.9 Å². The summed E-state index contributed by atoms with van der Waals surface area (Å²) < 4.78 is 10.4. The number of para-hydroxylation sites is 2. The van der Waals surface area contributed by atoms with Crippen molar-refractivity contribution in [3.05, 3.63) is 48.0 Å². The summed E-state index contributed by atoms with van der Waals surface area (Å²) >= 11 is 0. The van der Waals surface area contributed by atoms with Crippen molar-refractivity contribution in [3.8, 4) is 22.6 Å². The summed E-state index contributed by atoms with van der Waals surface area (Å²) in [6.45, 7) is 1.23. The van der Waals surface area contributed by atoms with Crippen LogP contribution in [0.5, 0.6) is 11.5 Å². The number of methoxy groups -OCH3 is 1. The van der Waals surface area contributed by atoms with Gasteiger partial charge in [0.1, 0.15) is 11.3 Å². The third kappa shape index (κ3) is 3.02. The number of rotatable bonds is 4. The van der Waals surface area contributed by atoms with Crippen molar-refractivity contribution in [1.29, 1.82) is 0 Å². The Morgan fingerprint density at radius 3 is 2.29 bits per heavy atom. The Balaban J connectivity index is 2.70. The molecule has 5 heteroatoms. The van der Waals surface area contributed by atoms with Gasteiger partial charge >= 0.3 is 11.9 Å². The highest BCUT2D eigenvalue weighted by molar-refractivity contribution is 5.96. The van der Waals surface area contributed by atoms with Gasteiger partial charge in [0.2, 0.25) is 0 Å². The summed E-state index contributed by atoms with van der Waals surface area (Å²) in [6.07, 6.45) is 0. The minimum Gasteiger partial charge on any atom is -0.496 e. The monoisotopic (exact) mass is 286 g/mol. The third-order valence-electron chi connectivity index (χ3n) is 2.89. The minimum atomic E-state index is -1.16. The van der Waals surface area contributed by atoms with Crippen molar-refractivity contribution in [2.24, 2.45) is 0 Å². The number of carbonyl (C=O) groups excluding carboxylic acids is 1. The fraction of sp³-hybridized carbons (Fsp3) is 0.125. The van der Waals surface area contributed by atoms with E-state index in [0.717, 1.165) is 0 Å². The highest BCUT2D eigenvalue weighted by Gasteiger charge is 2.20. The van der Waals surface area contributed by atoms with Crippen LogP contribution in [0.15, 0.2) is 42.5 Å². The van der Waals surface area contributed by atoms with E-state index in [1.54, 1.807) is 36.4 Å². The Labute approximate surface area is 121 Å². The molecule has 0 aliphatic rings. The molecule has 0 aliphatic heterocycles. The van der Waals surface area contributed by atoms with Gasteiger partial charge in [0.05, 0.1) is 7.11 Å². The van der Waals surface area contributed by atoms with Crippen LogP contribution in [-0.2, 0) is 4.79 Å². The second-order valence-corrected chi connectivity index (χ2v) is 4.28. The largest absolute Gasteiger partial charge is 0.496 e. The Kier molecular flexibility index (Phi) is 4.23. The molecule has 2 aromatic carbocycles. The molecular weight excluding hydrogens is 272 g/mol. The van der Waals surface area contributed by atoms with E-state index in [4.69, 9.17) is 9.47 Å². The van der Waals surface area contributed by atoms with Crippen LogP contribution in [0.1, 0.15) is 17.3 Å². The van der Waals surface area contributed by atoms with Crippen LogP contribution in [-0.4, -0.2) is 24.2 Å². The smallest absolute Gasteiger partial charge is 0.339 e. The van der Waals surface area contributed by atoms with Gasteiger partial charge in [-0.05, 0) is 12.1 Å². The maximum absolute atomic E-state index is 11.3. The fourth-order valence-electron chi connectivity index (χ4n) is 2.04. The lowest BCUT2D eigenvalue weighted by Gasteiger charge is -2.14. The number of esters is 1. The Morgan fingerprint density at radius 1 is 1.00 bits per heavy atom. The number of hydrogen-bond acceptors (Lipinski definition) is 4. The number of ether oxygens (including phenoxy) is 2. The lowest BCUT2D eigenvalue weighted by molar-refractivity contribution is -0.131. The first-order chi connectivity index (χ1) is 10.0. The average molecular weight is 286 g/mol. The van der Waals surface area contributed by atoms with Crippen LogP contribution in [0.3, 0.4) is 0 Å². The average Bonchev–Trinajstić information content (AvgIpc) is 2.46. The van der Waals surface area contributed by atoms with Crippen molar-refractivity contribution in [2.45, 2.75) is 6.92 Å². The predicted molar refractivity (Wildman–Crippen MR) is 76.7 cm³/mol. The zero-order chi connectivity index (χ0) is 15.4. The minimum absolute atomic E-state index is 0.0157. The standard InChI is InChI=1S/C16H14O5/c1-10(17)21-15-12(7-5-8-13(15)16(18)19)11-6-3-4-9-14(11)20-2/h3-9H,1-2H3,(H,18,19). The van der Waals surface area contributed by atoms with Crippen LogP contribution in [0.4, 0.5) is 0 Å². The molecule has 0 heterocycles. The lowest BCUT2D eigenvalue weighted by Crippen LogP contribution is -2.08. The number of carboxylic acid groups (broad SMARTS) is 1. The Bertz CT molecular complexity index is 691. The molecule has 0 unspecified atom stereocenters. The molecule has 0 radical (unpaired) electrons. The lowest BCUT2D eigenvalue weighted by atomic mass is 10.0. The first kappa shape index (κ1) is 14.6. The summed E-state index contributed by atoms with van der Waals surface area (Å²) in [7, 11) is 1.52. The fourth-order valence-corrected chi connectivity index (χ4v) is 2.04. The highest BCUT2D eigenvalue weighted by atomic mass is 16.5. The summed E-state index contributed by atoms with van der Waals surface area (Å²) in [6, 6.07) is 11.8. The van der Waals surface area contributed by atoms with E-state index in [1.807, 2.05) is 0 Å². The Hall–Kier alpha value is -2.82. The van der Waals surface area contributed by atoms with E-state index < -0.39 is 11.9 Å². The van der Waals surface area contributed by atoms with Crippen LogP contribution >= 0.6 is 0 Å². The van der Waals surface area contributed by atoms with Gasteiger partial charge in [0, 0.05) is 18.1 Å². The van der Waals surface area contributed by atoms with Gasteiger partial charge in [-0.3, -0.25) is 4.79 Å². The van der Waals surface area contributed by atoms with Gasteiger partial charge in [-0.2, -0.15) is 0 Å². The molecule has 21 heavy (non-hydrogen) atoms. The molecule has 2 rings (SSSR count). The van der Waals surface area contributed by atoms with Crippen LogP contribution < -0.4 is 9.47 Å². The van der Waals surface area contributed by atoms with E-state index in [1.165, 1.54) is 20.1 Å². The molecule has 0 saturated carbocycles. The van der Waals surface area contributed by atoms with E-state index in [2.05, 4.69) is 0 Å². The molecule has 0 amide bonds. The topological polar surface area (TPSA) is 72.8 Å². The maximum Gasteiger partial charge on any atom is 0.339 e. The third-order valence-corrected chi connectivity index (χ3v) is 2.89. The van der Waals surface area contributed by atoms with Crippen molar-refractivity contribution in [1.82, 2.24) is 0 Å². The first-order valence-corrected chi connectivity index (χ1v) is 6.22. The molecule has 0 aromatic heterocycles. The Morgan fingerprint density at radius 2 is 1.67 bits per heavy atom. The van der Waals surface area contributed by atoms with Gasteiger partial charge in [0.15, 0.2) is 5.75 Å². The normalized spacial score (nSPS) is 10.0. The second-order valence-electron chi connectivity index (χ2n) is 4.28. The van der Waals surface area contributed by atoms with E-state index in [-0.39, 0.29) is 11.3 Å². The summed E-state index contributed by atoms with van der Waals surface area (Å²) in [5.74, 6) is -1.17. The van der Waals surface area contributed by atoms with Gasteiger partial charge < -0.3 is 14.6 Å². The van der Waals surface area contributed by atoms with Crippen LogP contribution in [0.25, 0.3) is 11.1 Å². The van der Waals surface area contributed by atoms with E-state index in [0.29, 0.717) is 16.9 Å². The van der Waals surface area contributed by atoms with Gasteiger partial charge in [-0.25, -0.2) is 4.79 Å². The molecule has 1 N–H and O–H groups in total. The van der Waals surface area contributed by atoms with Crippen molar-refractivity contribution in [2.75, 3.05) is 7.11 Å². The molecule has 0 aliphatic carbocycles. The summed E-state index contributed by atoms with van der Waals surface area (Å²) in [4.78, 5) is 22.6. The number of carbonyl (C=O) groups is 2. The van der Waals surface area contributed by atoms with E-state index >= 15 is 0 Å². The highest BCUT2D eigenvalue weighted by Crippen LogP contribution is 2.38. The number of benzene rings is 2. The zero-order valence-corrected chi connectivity index (χ0v) is 11.6. The molecule has 0 bridgehead atoms. The van der Waals surface area contributed by atoms with Crippen molar-refractivity contribution < 1.29 is 24.2 Å². The van der Waals surface area contributed by atoms with Crippen LogP contribution in [0.2, 0.25) is 0 Å². The number of carboxylic acids is 1. The molecule has 0 spiro atoms. The van der Waals surface area contributed by atoms with E-state index in [9.17, 15) is 14.7 Å². The molecule has 2 aromatic rings. The SMILES string of the molecule is COc1ccccc1-c1cccc(C(=O)O)c1OC(C)=O. The zero-order valence-electron chi connectivity index (χ0n) is 11.6. The van der Waals surface area contributed by atoms with Gasteiger partial charge in [-0.1, -0.05) is 30.3 Å². The molecule has 5 nitrogen and oxygen atoms in total. The van der Waals surface area contributed by atoms with Gasteiger partial charge in [-0.15, -0.1) is 0 Å². The van der Waals surface area contributed by atoms with Crippen molar-refractivity contribution in [3.63, 3.8) is 0 Å². The summed E-state index contributed by atoms with van der Waals surface area (Å²) in [5, 5.41) is 9.25. The molecule has 0 atom stereocenters. The summed E-state index contributed by atoms with van der Waals surface area (Å²) in [5.41, 5.74) is 1.07. The second kappa shape index (κ2) is 6.09. The van der Waals surface area contributed by atoms with Gasteiger partial charge in [0.25, 0.3) is 0 Å². The quantitative estimate of drug-likeness (QED) is 0.691. The molecule has 0 saturated heterocycles. The number of hydrogen-bond donors (Lipinski definition) is 1. The molecular formula is C16H14O5. The maximum atomic E-state index is 11.3. The first-order valence-electron chi connectivity index (χ1n) is 6.22. The van der Waals surface area contributed by atoms with Crippen LogP contribution in [0, 0.1) is 0 Å². The number of aromatic carboxylic acids is 1. The molecule has 108 valence electrons. The predicted octanol–water partition coefficient (Wildman–Crippen LogP) is 2.99. The molecule has 0 fully saturated rings.